The molecule has 1 spiro atoms. The molecule has 9 heteroatoms. The Morgan fingerprint density at radius 3 is 2.85 bits per heavy atom. The lowest BCUT2D eigenvalue weighted by Crippen LogP contribution is -2.33. The van der Waals surface area contributed by atoms with Crippen LogP contribution in [0.2, 0.25) is 5.02 Å². The van der Waals surface area contributed by atoms with Crippen LogP contribution in [0.15, 0.2) is 47.5 Å². The summed E-state index contributed by atoms with van der Waals surface area (Å²) in [6, 6.07) is 12.7. The van der Waals surface area contributed by atoms with Gasteiger partial charge in [0.1, 0.15) is 22.2 Å². The standard InChI is InChI=1S/C30H25ClFN5OS/c1-15-35-36-29-30(10-11-30)34-26(20-4-2-3-5-22(20)31)25-21-13-17(14-24(21)39-28(25)37(15)29)27(38)33-23-9-6-16-12-18(32)7-8-19(16)23/h2-5,7-8,12,17,23H,6,9-11,13-14H2,1H3,(H,33,38)/t17-,23?/m0/s1. The monoisotopic (exact) mass is 557 g/mol. The molecule has 3 heterocycles. The molecule has 0 saturated heterocycles. The van der Waals surface area contributed by atoms with E-state index in [2.05, 4.69) is 20.1 Å². The molecule has 4 aliphatic rings. The summed E-state index contributed by atoms with van der Waals surface area (Å²) < 4.78 is 15.9. The predicted octanol–water partition coefficient (Wildman–Crippen LogP) is 5.79. The topological polar surface area (TPSA) is 72.2 Å². The van der Waals surface area contributed by atoms with E-state index in [-0.39, 0.29) is 29.2 Å². The molecule has 39 heavy (non-hydrogen) atoms. The third-order valence-electron chi connectivity index (χ3n) is 8.68. The molecule has 0 bridgehead atoms. The summed E-state index contributed by atoms with van der Waals surface area (Å²) in [5.41, 5.74) is 5.68. The van der Waals surface area contributed by atoms with Gasteiger partial charge in [-0.1, -0.05) is 35.9 Å². The number of amides is 1. The highest BCUT2D eigenvalue weighted by Crippen LogP contribution is 2.54. The van der Waals surface area contributed by atoms with Gasteiger partial charge in [-0.3, -0.25) is 14.4 Å². The van der Waals surface area contributed by atoms with Crippen LogP contribution >= 0.6 is 22.9 Å². The van der Waals surface area contributed by atoms with Gasteiger partial charge in [0.2, 0.25) is 5.91 Å². The van der Waals surface area contributed by atoms with Crippen LogP contribution in [-0.2, 0) is 29.6 Å². The maximum absolute atomic E-state index is 13.7. The first kappa shape index (κ1) is 23.5. The minimum absolute atomic E-state index is 0.0546. The van der Waals surface area contributed by atoms with Crippen molar-refractivity contribution in [2.24, 2.45) is 10.9 Å². The van der Waals surface area contributed by atoms with E-state index < -0.39 is 0 Å². The van der Waals surface area contributed by atoms with E-state index in [0.717, 1.165) is 70.3 Å². The van der Waals surface area contributed by atoms with E-state index in [1.54, 1.807) is 17.4 Å². The Balaban J connectivity index is 1.18. The molecule has 1 unspecified atom stereocenters. The van der Waals surface area contributed by atoms with Crippen molar-refractivity contribution in [3.05, 3.63) is 97.6 Å². The van der Waals surface area contributed by atoms with Gasteiger partial charge in [-0.05, 0) is 80.3 Å². The molecule has 2 aromatic carbocycles. The van der Waals surface area contributed by atoms with E-state index in [4.69, 9.17) is 16.6 Å². The van der Waals surface area contributed by atoms with Crippen LogP contribution < -0.4 is 5.32 Å². The molecule has 1 saturated carbocycles. The molecule has 1 amide bonds. The third-order valence-corrected chi connectivity index (χ3v) is 10.3. The Morgan fingerprint density at radius 1 is 1.18 bits per heavy atom. The molecule has 8 rings (SSSR count). The zero-order valence-electron chi connectivity index (χ0n) is 21.3. The van der Waals surface area contributed by atoms with Crippen LogP contribution in [0.25, 0.3) is 5.00 Å². The first-order valence-corrected chi connectivity index (χ1v) is 14.6. The van der Waals surface area contributed by atoms with Crippen molar-refractivity contribution in [3.63, 3.8) is 0 Å². The van der Waals surface area contributed by atoms with Gasteiger partial charge in [0, 0.05) is 26.9 Å². The molecule has 1 aliphatic heterocycles. The van der Waals surface area contributed by atoms with Gasteiger partial charge in [-0.2, -0.15) is 0 Å². The summed E-state index contributed by atoms with van der Waals surface area (Å²) in [6.07, 6.45) is 4.75. The zero-order chi connectivity index (χ0) is 26.5. The number of rotatable bonds is 3. The van der Waals surface area contributed by atoms with Crippen molar-refractivity contribution in [2.45, 2.75) is 57.0 Å². The second-order valence-electron chi connectivity index (χ2n) is 11.1. The Hall–Kier alpha value is -3.36. The summed E-state index contributed by atoms with van der Waals surface area (Å²) in [4.78, 5) is 20.1. The minimum Gasteiger partial charge on any atom is -0.349 e. The average Bonchev–Trinajstić information content (AvgIpc) is 3.20. The first-order valence-electron chi connectivity index (χ1n) is 13.4. The number of benzene rings is 2. The number of nitrogens with zero attached hydrogens (tertiary/aromatic N) is 4. The molecular weight excluding hydrogens is 533 g/mol. The predicted molar refractivity (Wildman–Crippen MR) is 148 cm³/mol. The Bertz CT molecular complexity index is 1730. The van der Waals surface area contributed by atoms with Crippen molar-refractivity contribution in [3.8, 4) is 5.00 Å². The van der Waals surface area contributed by atoms with E-state index in [1.807, 2.05) is 37.3 Å². The maximum atomic E-state index is 13.7. The van der Waals surface area contributed by atoms with Crippen LogP contribution in [0.1, 0.15) is 69.6 Å². The van der Waals surface area contributed by atoms with E-state index in [1.165, 1.54) is 16.5 Å². The van der Waals surface area contributed by atoms with Crippen LogP contribution in [0.4, 0.5) is 4.39 Å². The van der Waals surface area contributed by atoms with Gasteiger partial charge < -0.3 is 5.32 Å². The smallest absolute Gasteiger partial charge is 0.224 e. The second-order valence-corrected chi connectivity index (χ2v) is 12.6. The summed E-state index contributed by atoms with van der Waals surface area (Å²) in [5, 5.41) is 14.0. The highest BCUT2D eigenvalue weighted by Gasteiger charge is 2.52. The summed E-state index contributed by atoms with van der Waals surface area (Å²) in [6.45, 7) is 1.99. The van der Waals surface area contributed by atoms with Gasteiger partial charge in [0.05, 0.1) is 11.8 Å². The number of aliphatic imine (C=N–C) groups is 1. The van der Waals surface area contributed by atoms with E-state index in [0.29, 0.717) is 17.9 Å². The highest BCUT2D eigenvalue weighted by atomic mass is 35.5. The van der Waals surface area contributed by atoms with Crippen molar-refractivity contribution in [1.29, 1.82) is 0 Å². The highest BCUT2D eigenvalue weighted by molar-refractivity contribution is 7.15. The van der Waals surface area contributed by atoms with E-state index in [9.17, 15) is 9.18 Å². The number of aryl methyl sites for hydroxylation is 2. The molecule has 2 atom stereocenters. The largest absolute Gasteiger partial charge is 0.349 e. The second kappa shape index (κ2) is 8.32. The van der Waals surface area contributed by atoms with Crippen molar-refractivity contribution < 1.29 is 9.18 Å². The van der Waals surface area contributed by atoms with Gasteiger partial charge in [-0.15, -0.1) is 21.5 Å². The zero-order valence-corrected chi connectivity index (χ0v) is 22.9. The van der Waals surface area contributed by atoms with Gasteiger partial charge in [-0.25, -0.2) is 4.39 Å². The molecule has 2 aromatic heterocycles. The molecule has 196 valence electrons. The fourth-order valence-corrected chi connectivity index (χ4v) is 8.25. The number of carbonyl (C=O) groups excluding carboxylic acids is 1. The number of thiophene rings is 1. The van der Waals surface area contributed by atoms with Crippen LogP contribution in [0.3, 0.4) is 0 Å². The Morgan fingerprint density at radius 2 is 2.03 bits per heavy atom. The van der Waals surface area contributed by atoms with Gasteiger partial charge in [0.25, 0.3) is 0 Å². The molecule has 3 aliphatic carbocycles. The number of hydrogen-bond acceptors (Lipinski definition) is 5. The molecular formula is C30H25ClFN5OS. The normalized spacial score (nSPS) is 21.6. The average molecular weight is 558 g/mol. The minimum atomic E-state index is -0.383. The van der Waals surface area contributed by atoms with Gasteiger partial charge >= 0.3 is 0 Å². The lowest BCUT2D eigenvalue weighted by molar-refractivity contribution is -0.125. The van der Waals surface area contributed by atoms with Gasteiger partial charge in [0.15, 0.2) is 5.82 Å². The first-order chi connectivity index (χ1) is 18.9. The van der Waals surface area contributed by atoms with E-state index >= 15 is 0 Å². The number of nitrogens with one attached hydrogen (secondary N) is 1. The maximum Gasteiger partial charge on any atom is 0.224 e. The SMILES string of the molecule is Cc1nnc2n1-c1sc3c(c1C(c1ccccc1Cl)=NC21CC1)C[C@H](C(=O)NC1CCc2cc(F)ccc21)C3. The number of hydrogen-bond donors (Lipinski definition) is 1. The third kappa shape index (κ3) is 3.50. The van der Waals surface area contributed by atoms with Crippen molar-refractivity contribution in [2.75, 3.05) is 0 Å². The molecule has 1 N–H and O–H groups in total. The van der Waals surface area contributed by atoms with Crippen molar-refractivity contribution in [1.82, 2.24) is 20.1 Å². The van der Waals surface area contributed by atoms with Crippen LogP contribution in [0, 0.1) is 18.7 Å². The summed E-state index contributed by atoms with van der Waals surface area (Å²) in [7, 11) is 0. The summed E-state index contributed by atoms with van der Waals surface area (Å²) in [5.74, 6) is 1.41. The summed E-state index contributed by atoms with van der Waals surface area (Å²) >= 11 is 8.47. The Kier molecular flexibility index (Phi) is 5.02. The van der Waals surface area contributed by atoms with Crippen molar-refractivity contribution >= 4 is 34.6 Å². The molecule has 6 nitrogen and oxygen atoms in total. The number of carbonyl (C=O) groups is 1. The number of halogens is 2. The molecule has 4 aromatic rings. The fourth-order valence-electron chi connectivity index (χ4n) is 6.56. The van der Waals surface area contributed by atoms with Crippen LogP contribution in [0.5, 0.6) is 0 Å². The number of aromatic nitrogens is 3. The lowest BCUT2D eigenvalue weighted by Gasteiger charge is -2.18. The Labute approximate surface area is 234 Å². The quantitative estimate of drug-likeness (QED) is 0.347. The van der Waals surface area contributed by atoms with Crippen LogP contribution in [-0.4, -0.2) is 26.4 Å². The lowest BCUT2D eigenvalue weighted by atomic mass is 9.97. The number of fused-ring (bicyclic) bond motifs is 7. The fraction of sp³-hybridized carbons (Fsp3) is 0.333. The molecule has 0 radical (unpaired) electrons. The molecule has 1 fully saturated rings.